The van der Waals surface area contributed by atoms with Crippen molar-refractivity contribution in [3.8, 4) is 0 Å². The van der Waals surface area contributed by atoms with Gasteiger partial charge in [-0.3, -0.25) is 0 Å². The second-order valence-electron chi connectivity index (χ2n) is 4.94. The van der Waals surface area contributed by atoms with Gasteiger partial charge < -0.3 is 14.6 Å². The van der Waals surface area contributed by atoms with Gasteiger partial charge in [0.25, 0.3) is 0 Å². The highest BCUT2D eigenvalue weighted by Crippen LogP contribution is 2.50. The highest BCUT2D eigenvalue weighted by molar-refractivity contribution is 4.94. The zero-order valence-corrected chi connectivity index (χ0v) is 8.39. The Balaban J connectivity index is 1.64. The van der Waals surface area contributed by atoms with Gasteiger partial charge in [-0.05, 0) is 37.0 Å². The van der Waals surface area contributed by atoms with Crippen LogP contribution in [0.5, 0.6) is 0 Å². The van der Waals surface area contributed by atoms with Crippen molar-refractivity contribution in [2.24, 2.45) is 17.8 Å². The van der Waals surface area contributed by atoms with Crippen LogP contribution in [0.3, 0.4) is 0 Å². The molecule has 3 heteroatoms. The first kappa shape index (κ1) is 9.13. The van der Waals surface area contributed by atoms with Crippen LogP contribution in [0.15, 0.2) is 0 Å². The van der Waals surface area contributed by atoms with E-state index in [2.05, 4.69) is 0 Å². The molecule has 4 unspecified atom stereocenters. The van der Waals surface area contributed by atoms with Gasteiger partial charge in [0.15, 0.2) is 6.29 Å². The summed E-state index contributed by atoms with van der Waals surface area (Å²) in [7, 11) is 0. The number of ether oxygens (including phenoxy) is 2. The van der Waals surface area contributed by atoms with E-state index in [1.54, 1.807) is 0 Å². The highest BCUT2D eigenvalue weighted by Gasteiger charge is 2.45. The van der Waals surface area contributed by atoms with Gasteiger partial charge in [-0.1, -0.05) is 6.42 Å². The Hall–Kier alpha value is -0.120. The standard InChI is InChI=1S/C11H18O3/c12-10(11-13-3-4-14-11)9-6-7-1-2-8(9)5-7/h7-12H,1-6H2. The van der Waals surface area contributed by atoms with Gasteiger partial charge in [0.1, 0.15) is 6.10 Å². The van der Waals surface area contributed by atoms with Crippen molar-refractivity contribution in [3.63, 3.8) is 0 Å². The van der Waals surface area contributed by atoms with Crippen molar-refractivity contribution in [3.05, 3.63) is 0 Å². The van der Waals surface area contributed by atoms with E-state index in [-0.39, 0.29) is 12.4 Å². The number of hydrogen-bond acceptors (Lipinski definition) is 3. The summed E-state index contributed by atoms with van der Waals surface area (Å²) >= 11 is 0. The van der Waals surface area contributed by atoms with Crippen LogP contribution in [0, 0.1) is 17.8 Å². The summed E-state index contributed by atoms with van der Waals surface area (Å²) in [6.07, 6.45) is 4.48. The first-order valence-electron chi connectivity index (χ1n) is 5.76. The topological polar surface area (TPSA) is 38.7 Å². The highest BCUT2D eigenvalue weighted by atomic mass is 16.7. The van der Waals surface area contributed by atoms with E-state index < -0.39 is 0 Å². The summed E-state index contributed by atoms with van der Waals surface area (Å²) in [4.78, 5) is 0. The third-order valence-electron chi connectivity index (χ3n) is 4.16. The molecular formula is C11H18O3. The van der Waals surface area contributed by atoms with Gasteiger partial charge in [0, 0.05) is 0 Å². The molecule has 0 spiro atoms. The first-order valence-corrected chi connectivity index (χ1v) is 5.76. The predicted octanol–water partition coefficient (Wildman–Crippen LogP) is 1.16. The monoisotopic (exact) mass is 198 g/mol. The molecule has 1 saturated heterocycles. The Labute approximate surface area is 84.4 Å². The molecule has 0 aromatic carbocycles. The molecule has 1 N–H and O–H groups in total. The Kier molecular flexibility index (Phi) is 2.26. The van der Waals surface area contributed by atoms with Crippen molar-refractivity contribution in [1.82, 2.24) is 0 Å². The fraction of sp³-hybridized carbons (Fsp3) is 1.00. The molecule has 3 nitrogen and oxygen atoms in total. The zero-order chi connectivity index (χ0) is 9.54. The Morgan fingerprint density at radius 2 is 1.86 bits per heavy atom. The van der Waals surface area contributed by atoms with E-state index in [1.165, 1.54) is 25.7 Å². The third kappa shape index (κ3) is 1.38. The average Bonchev–Trinajstić information content (AvgIpc) is 2.93. The van der Waals surface area contributed by atoms with Crippen molar-refractivity contribution in [2.75, 3.05) is 13.2 Å². The van der Waals surface area contributed by atoms with Crippen molar-refractivity contribution >= 4 is 0 Å². The van der Waals surface area contributed by atoms with Crippen LogP contribution in [-0.2, 0) is 9.47 Å². The maximum absolute atomic E-state index is 10.1. The van der Waals surface area contributed by atoms with E-state index in [9.17, 15) is 5.11 Å². The van der Waals surface area contributed by atoms with Gasteiger partial charge in [-0.15, -0.1) is 0 Å². The van der Waals surface area contributed by atoms with Gasteiger partial charge >= 0.3 is 0 Å². The van der Waals surface area contributed by atoms with Crippen LogP contribution in [0.4, 0.5) is 0 Å². The van der Waals surface area contributed by atoms with Crippen LogP contribution in [0.2, 0.25) is 0 Å². The minimum Gasteiger partial charge on any atom is -0.388 e. The second-order valence-corrected chi connectivity index (χ2v) is 4.94. The van der Waals surface area contributed by atoms with E-state index >= 15 is 0 Å². The molecule has 0 aromatic rings. The summed E-state index contributed by atoms with van der Waals surface area (Å²) in [5.41, 5.74) is 0. The third-order valence-corrected chi connectivity index (χ3v) is 4.16. The minimum absolute atomic E-state index is 0.334. The van der Waals surface area contributed by atoms with Gasteiger partial charge in [0.2, 0.25) is 0 Å². The Bertz CT molecular complexity index is 213. The number of hydrogen-bond donors (Lipinski definition) is 1. The van der Waals surface area contributed by atoms with E-state index in [0.29, 0.717) is 19.1 Å². The van der Waals surface area contributed by atoms with E-state index in [1.807, 2.05) is 0 Å². The molecule has 3 aliphatic rings. The lowest BCUT2D eigenvalue weighted by atomic mass is 9.84. The molecule has 14 heavy (non-hydrogen) atoms. The zero-order valence-electron chi connectivity index (χ0n) is 8.39. The number of aliphatic hydroxyl groups is 1. The van der Waals surface area contributed by atoms with Crippen LogP contribution >= 0.6 is 0 Å². The number of fused-ring (bicyclic) bond motifs is 2. The molecule has 2 bridgehead atoms. The fourth-order valence-electron chi connectivity index (χ4n) is 3.49. The molecule has 0 radical (unpaired) electrons. The molecule has 2 aliphatic carbocycles. The number of rotatable bonds is 2. The lowest BCUT2D eigenvalue weighted by molar-refractivity contribution is -0.145. The van der Waals surface area contributed by atoms with Crippen LogP contribution in [-0.4, -0.2) is 30.7 Å². The molecule has 3 fully saturated rings. The quantitative estimate of drug-likeness (QED) is 0.723. The maximum Gasteiger partial charge on any atom is 0.183 e. The lowest BCUT2D eigenvalue weighted by Crippen LogP contribution is -2.36. The molecule has 1 heterocycles. The minimum atomic E-state index is -0.382. The summed E-state index contributed by atoms with van der Waals surface area (Å²) in [6.45, 7) is 1.28. The molecule has 1 aliphatic heterocycles. The van der Waals surface area contributed by atoms with Crippen LogP contribution < -0.4 is 0 Å². The smallest absolute Gasteiger partial charge is 0.183 e. The molecule has 3 rings (SSSR count). The Morgan fingerprint density at radius 3 is 2.43 bits per heavy atom. The largest absolute Gasteiger partial charge is 0.388 e. The van der Waals surface area contributed by atoms with Crippen LogP contribution in [0.25, 0.3) is 0 Å². The summed E-state index contributed by atoms with van der Waals surface area (Å²) in [5.74, 6) is 2.06. The van der Waals surface area contributed by atoms with Crippen molar-refractivity contribution < 1.29 is 14.6 Å². The molecule has 0 aromatic heterocycles. The van der Waals surface area contributed by atoms with Gasteiger partial charge in [-0.25, -0.2) is 0 Å². The van der Waals surface area contributed by atoms with Crippen LogP contribution in [0.1, 0.15) is 25.7 Å². The molecular weight excluding hydrogens is 180 g/mol. The Morgan fingerprint density at radius 1 is 1.07 bits per heavy atom. The second kappa shape index (κ2) is 3.47. The molecule has 4 atom stereocenters. The fourth-order valence-corrected chi connectivity index (χ4v) is 3.49. The summed E-state index contributed by atoms with van der Waals surface area (Å²) in [5, 5.41) is 10.1. The molecule has 80 valence electrons. The predicted molar refractivity (Wildman–Crippen MR) is 50.6 cm³/mol. The first-order chi connectivity index (χ1) is 6.84. The number of aliphatic hydroxyl groups excluding tert-OH is 1. The molecule has 0 amide bonds. The lowest BCUT2D eigenvalue weighted by Gasteiger charge is -2.29. The summed E-state index contributed by atoms with van der Waals surface area (Å²) in [6, 6.07) is 0. The summed E-state index contributed by atoms with van der Waals surface area (Å²) < 4.78 is 10.7. The van der Waals surface area contributed by atoms with Gasteiger partial charge in [-0.2, -0.15) is 0 Å². The van der Waals surface area contributed by atoms with Crippen molar-refractivity contribution in [1.29, 1.82) is 0 Å². The van der Waals surface area contributed by atoms with Gasteiger partial charge in [0.05, 0.1) is 13.2 Å². The molecule has 2 saturated carbocycles. The van der Waals surface area contributed by atoms with Crippen molar-refractivity contribution in [2.45, 2.75) is 38.1 Å². The normalized spacial score (nSPS) is 44.8. The SMILES string of the molecule is OC(C1OCCO1)C1CC2CCC1C2. The maximum atomic E-state index is 10.1. The van der Waals surface area contributed by atoms with E-state index in [4.69, 9.17) is 9.47 Å². The average molecular weight is 198 g/mol. The van der Waals surface area contributed by atoms with E-state index in [0.717, 1.165) is 11.8 Å².